The fourth-order valence-electron chi connectivity index (χ4n) is 1.56. The summed E-state index contributed by atoms with van der Waals surface area (Å²) in [5, 5.41) is 3.35. The Hall–Kier alpha value is -0.890. The first-order chi connectivity index (χ1) is 8.08. The molecular weight excluding hydrogens is 264 g/mol. The Balaban J connectivity index is 2.11. The van der Waals surface area contributed by atoms with Gasteiger partial charge in [0.1, 0.15) is 5.15 Å². The first-order valence-corrected chi connectivity index (χ1v) is 7.00. The highest BCUT2D eigenvalue weighted by Crippen LogP contribution is 2.15. The first kappa shape index (κ1) is 12.6. The third-order valence-corrected chi connectivity index (χ3v) is 4.13. The molecule has 1 aromatic rings. The van der Waals surface area contributed by atoms with Crippen LogP contribution in [0.15, 0.2) is 18.3 Å². The molecule has 94 valence electrons. The zero-order valence-electron chi connectivity index (χ0n) is 9.06. The van der Waals surface area contributed by atoms with Gasteiger partial charge < -0.3 is 5.32 Å². The van der Waals surface area contributed by atoms with Gasteiger partial charge in [-0.15, -0.1) is 0 Å². The summed E-state index contributed by atoms with van der Waals surface area (Å²) in [4.78, 5) is 3.79. The maximum atomic E-state index is 12.0. The van der Waals surface area contributed by atoms with Crippen LogP contribution in [0.5, 0.6) is 0 Å². The summed E-state index contributed by atoms with van der Waals surface area (Å²) in [5.74, 6) is 0. The smallest absolute Gasteiger partial charge is 0.301 e. The van der Waals surface area contributed by atoms with Crippen LogP contribution >= 0.6 is 11.6 Å². The SMILES string of the molecule is O=S(=O)(Nc1ccnc(Cl)c1)N1CCNCC1. The number of nitrogens with one attached hydrogen (secondary N) is 2. The van der Waals surface area contributed by atoms with Crippen molar-refractivity contribution in [1.82, 2.24) is 14.6 Å². The number of rotatable bonds is 3. The van der Waals surface area contributed by atoms with E-state index in [1.54, 1.807) is 6.07 Å². The van der Waals surface area contributed by atoms with Crippen LogP contribution < -0.4 is 10.0 Å². The fourth-order valence-corrected chi connectivity index (χ4v) is 2.96. The van der Waals surface area contributed by atoms with E-state index in [9.17, 15) is 8.42 Å². The molecule has 17 heavy (non-hydrogen) atoms. The van der Waals surface area contributed by atoms with Gasteiger partial charge in [0.15, 0.2) is 0 Å². The summed E-state index contributed by atoms with van der Waals surface area (Å²) < 4.78 is 27.9. The van der Waals surface area contributed by atoms with E-state index in [0.717, 1.165) is 0 Å². The summed E-state index contributed by atoms with van der Waals surface area (Å²) in [6, 6.07) is 3.03. The van der Waals surface area contributed by atoms with Gasteiger partial charge in [-0.25, -0.2) is 4.98 Å². The fraction of sp³-hybridized carbons (Fsp3) is 0.444. The van der Waals surface area contributed by atoms with Crippen LogP contribution in [0, 0.1) is 0 Å². The van der Waals surface area contributed by atoms with Crippen LogP contribution in [0.2, 0.25) is 5.15 Å². The summed E-state index contributed by atoms with van der Waals surface area (Å²) in [5.41, 5.74) is 0.420. The molecule has 2 N–H and O–H groups in total. The second-order valence-corrected chi connectivity index (χ2v) is 5.68. The van der Waals surface area contributed by atoms with E-state index < -0.39 is 10.2 Å². The Morgan fingerprint density at radius 3 is 2.76 bits per heavy atom. The van der Waals surface area contributed by atoms with Crippen molar-refractivity contribution < 1.29 is 8.42 Å². The molecule has 0 aromatic carbocycles. The van der Waals surface area contributed by atoms with Crippen LogP contribution in [0.4, 0.5) is 5.69 Å². The van der Waals surface area contributed by atoms with E-state index in [4.69, 9.17) is 11.6 Å². The minimum Gasteiger partial charge on any atom is -0.314 e. The minimum atomic E-state index is -3.50. The highest BCUT2D eigenvalue weighted by atomic mass is 35.5. The molecule has 1 aliphatic heterocycles. The van der Waals surface area contributed by atoms with Gasteiger partial charge in [-0.2, -0.15) is 12.7 Å². The molecule has 8 heteroatoms. The molecule has 2 heterocycles. The molecule has 2 rings (SSSR count). The van der Waals surface area contributed by atoms with Crippen molar-refractivity contribution in [2.75, 3.05) is 30.9 Å². The number of aromatic nitrogens is 1. The monoisotopic (exact) mass is 276 g/mol. The van der Waals surface area contributed by atoms with Crippen molar-refractivity contribution in [3.8, 4) is 0 Å². The molecule has 0 saturated carbocycles. The van der Waals surface area contributed by atoms with E-state index in [0.29, 0.717) is 31.9 Å². The highest BCUT2D eigenvalue weighted by molar-refractivity contribution is 7.90. The van der Waals surface area contributed by atoms with Gasteiger partial charge in [-0.1, -0.05) is 11.6 Å². The highest BCUT2D eigenvalue weighted by Gasteiger charge is 2.23. The van der Waals surface area contributed by atoms with Gasteiger partial charge in [-0.05, 0) is 12.1 Å². The molecule has 0 unspecified atom stereocenters. The number of hydrogen-bond acceptors (Lipinski definition) is 4. The lowest BCUT2D eigenvalue weighted by Crippen LogP contribution is -2.48. The summed E-state index contributed by atoms with van der Waals surface area (Å²) >= 11 is 5.69. The van der Waals surface area contributed by atoms with Crippen LogP contribution in [0.25, 0.3) is 0 Å². The van der Waals surface area contributed by atoms with Crippen molar-refractivity contribution in [1.29, 1.82) is 0 Å². The van der Waals surface area contributed by atoms with Gasteiger partial charge >= 0.3 is 10.2 Å². The lowest BCUT2D eigenvalue weighted by Gasteiger charge is -2.26. The van der Waals surface area contributed by atoms with Gasteiger partial charge in [-0.3, -0.25) is 4.72 Å². The van der Waals surface area contributed by atoms with Crippen LogP contribution in [0.1, 0.15) is 0 Å². The molecular formula is C9H13ClN4O2S. The molecule has 0 atom stereocenters. The summed E-state index contributed by atoms with van der Waals surface area (Å²) in [6.07, 6.45) is 1.46. The number of hydrogen-bond donors (Lipinski definition) is 2. The predicted molar refractivity (Wildman–Crippen MR) is 66.2 cm³/mol. The zero-order chi connectivity index (χ0) is 12.3. The standard InChI is InChI=1S/C9H13ClN4O2S/c10-9-7-8(1-2-12-9)13-17(15,16)14-5-3-11-4-6-14/h1-2,7,11H,3-6H2,(H,12,13). The van der Waals surface area contributed by atoms with E-state index in [-0.39, 0.29) is 5.15 Å². The Morgan fingerprint density at radius 2 is 2.12 bits per heavy atom. The van der Waals surface area contributed by atoms with Gasteiger partial charge in [0.25, 0.3) is 0 Å². The van der Waals surface area contributed by atoms with Gasteiger partial charge in [0.2, 0.25) is 0 Å². The third-order valence-electron chi connectivity index (χ3n) is 2.39. The third kappa shape index (κ3) is 3.29. The average Bonchev–Trinajstić information content (AvgIpc) is 2.29. The number of piperazine rings is 1. The summed E-state index contributed by atoms with van der Waals surface area (Å²) in [7, 11) is -3.50. The predicted octanol–water partition coefficient (Wildman–Crippen LogP) is 0.297. The van der Waals surface area contributed by atoms with Gasteiger partial charge in [0.05, 0.1) is 5.69 Å². The van der Waals surface area contributed by atoms with Gasteiger partial charge in [0, 0.05) is 32.4 Å². The zero-order valence-corrected chi connectivity index (χ0v) is 10.6. The normalized spacial score (nSPS) is 17.9. The number of nitrogens with zero attached hydrogens (tertiary/aromatic N) is 2. The minimum absolute atomic E-state index is 0.255. The lowest BCUT2D eigenvalue weighted by atomic mass is 10.4. The van der Waals surface area contributed by atoms with Crippen molar-refractivity contribution in [2.45, 2.75) is 0 Å². The topological polar surface area (TPSA) is 74.3 Å². The molecule has 0 amide bonds. The van der Waals surface area contributed by atoms with Crippen LogP contribution in [0.3, 0.4) is 0 Å². The van der Waals surface area contributed by atoms with Crippen molar-refractivity contribution in [3.63, 3.8) is 0 Å². The van der Waals surface area contributed by atoms with E-state index >= 15 is 0 Å². The Kier molecular flexibility index (Phi) is 3.82. The largest absolute Gasteiger partial charge is 0.314 e. The van der Waals surface area contributed by atoms with E-state index in [1.165, 1.54) is 16.6 Å². The Bertz CT molecular complexity index is 488. The first-order valence-electron chi connectivity index (χ1n) is 5.18. The van der Waals surface area contributed by atoms with Crippen molar-refractivity contribution >= 4 is 27.5 Å². The molecule has 6 nitrogen and oxygen atoms in total. The van der Waals surface area contributed by atoms with E-state index in [2.05, 4.69) is 15.0 Å². The molecule has 1 saturated heterocycles. The summed E-state index contributed by atoms with van der Waals surface area (Å²) in [6.45, 7) is 2.26. The number of halogens is 1. The molecule has 0 radical (unpaired) electrons. The quantitative estimate of drug-likeness (QED) is 0.779. The number of pyridine rings is 1. The molecule has 0 aliphatic carbocycles. The molecule has 0 spiro atoms. The van der Waals surface area contributed by atoms with Crippen LogP contribution in [-0.2, 0) is 10.2 Å². The maximum absolute atomic E-state index is 12.0. The Labute approximate surface area is 105 Å². The molecule has 1 aromatic heterocycles. The van der Waals surface area contributed by atoms with Crippen LogP contribution in [-0.4, -0.2) is 43.9 Å². The second kappa shape index (κ2) is 5.18. The van der Waals surface area contributed by atoms with Crippen molar-refractivity contribution in [3.05, 3.63) is 23.5 Å². The Morgan fingerprint density at radius 1 is 1.41 bits per heavy atom. The number of anilines is 1. The molecule has 0 bridgehead atoms. The second-order valence-electron chi connectivity index (χ2n) is 3.62. The maximum Gasteiger partial charge on any atom is 0.301 e. The molecule has 1 aliphatic rings. The van der Waals surface area contributed by atoms with E-state index in [1.807, 2.05) is 0 Å². The van der Waals surface area contributed by atoms with Crippen molar-refractivity contribution in [2.24, 2.45) is 0 Å². The lowest BCUT2D eigenvalue weighted by molar-refractivity contribution is 0.362. The average molecular weight is 277 g/mol. The molecule has 1 fully saturated rings.